The number of nitrogens with one attached hydrogen (secondary N) is 1. The lowest BCUT2D eigenvalue weighted by atomic mass is 10.0. The summed E-state index contributed by atoms with van der Waals surface area (Å²) < 4.78 is 27.9. The lowest BCUT2D eigenvalue weighted by Gasteiger charge is -2.30. The first-order valence-corrected chi connectivity index (χ1v) is 10.4. The lowest BCUT2D eigenvalue weighted by molar-refractivity contribution is 0.0946. The van der Waals surface area contributed by atoms with Crippen molar-refractivity contribution in [3.05, 3.63) is 59.7 Å². The van der Waals surface area contributed by atoms with Crippen LogP contribution in [0.25, 0.3) is 0 Å². The van der Waals surface area contributed by atoms with Gasteiger partial charge in [0.2, 0.25) is 0 Å². The summed E-state index contributed by atoms with van der Waals surface area (Å²) in [7, 11) is -3.75. The van der Waals surface area contributed by atoms with E-state index < -0.39 is 15.6 Å². The fourth-order valence-electron chi connectivity index (χ4n) is 3.08. The molecule has 2 aromatic carbocycles. The molecule has 2 aromatic rings. The molecule has 144 valence electrons. The van der Waals surface area contributed by atoms with E-state index in [1.54, 1.807) is 12.1 Å². The van der Waals surface area contributed by atoms with E-state index >= 15 is 0 Å². The number of fused-ring (bicyclic) bond motifs is 1. The van der Waals surface area contributed by atoms with Crippen LogP contribution in [0.2, 0.25) is 0 Å². The highest BCUT2D eigenvalue weighted by Crippen LogP contribution is 2.31. The van der Waals surface area contributed by atoms with E-state index in [4.69, 9.17) is 5.73 Å². The van der Waals surface area contributed by atoms with Crippen molar-refractivity contribution in [1.82, 2.24) is 5.32 Å². The molecule has 0 fully saturated rings. The van der Waals surface area contributed by atoms with Crippen molar-refractivity contribution in [2.45, 2.75) is 37.1 Å². The number of carbonyl (C=O) groups excluding carboxylic acids is 1. The van der Waals surface area contributed by atoms with Crippen LogP contribution in [0.3, 0.4) is 0 Å². The van der Waals surface area contributed by atoms with Gasteiger partial charge in [-0.1, -0.05) is 24.3 Å². The van der Waals surface area contributed by atoms with Crippen molar-refractivity contribution in [3.63, 3.8) is 0 Å². The number of carbonyl (C=O) groups is 1. The zero-order valence-corrected chi connectivity index (χ0v) is 16.4. The van der Waals surface area contributed by atoms with Crippen LogP contribution in [0, 0.1) is 0 Å². The number of hydrogen-bond donors (Lipinski definition) is 2. The van der Waals surface area contributed by atoms with Crippen LogP contribution in [0.15, 0.2) is 53.4 Å². The highest BCUT2D eigenvalue weighted by Gasteiger charge is 2.29. The van der Waals surface area contributed by atoms with Gasteiger partial charge in [0.05, 0.1) is 10.6 Å². The van der Waals surface area contributed by atoms with Gasteiger partial charge < -0.3 is 11.1 Å². The maximum atomic E-state index is 13.2. The summed E-state index contributed by atoms with van der Waals surface area (Å²) >= 11 is 0. The summed E-state index contributed by atoms with van der Waals surface area (Å²) in [5.41, 5.74) is 7.37. The summed E-state index contributed by atoms with van der Waals surface area (Å²) in [5, 5.41) is 2.74. The number of rotatable bonds is 5. The number of aryl methyl sites for hydroxylation is 1. The van der Waals surface area contributed by atoms with Gasteiger partial charge in [0, 0.05) is 24.2 Å². The van der Waals surface area contributed by atoms with Crippen molar-refractivity contribution in [2.75, 3.05) is 17.4 Å². The molecule has 0 spiro atoms. The zero-order valence-electron chi connectivity index (χ0n) is 15.6. The molecule has 7 heteroatoms. The van der Waals surface area contributed by atoms with Gasteiger partial charge in [-0.15, -0.1) is 0 Å². The van der Waals surface area contributed by atoms with Crippen molar-refractivity contribution in [2.24, 2.45) is 5.73 Å². The molecular formula is C20H25N3O3S. The summed E-state index contributed by atoms with van der Waals surface area (Å²) in [6.07, 6.45) is 1.63. The number of nitrogens with two attached hydrogens (primary N) is 1. The monoisotopic (exact) mass is 387 g/mol. The second-order valence-corrected chi connectivity index (χ2v) is 9.37. The Kier molecular flexibility index (Phi) is 5.26. The smallest absolute Gasteiger partial charge is 0.264 e. The number of nitrogens with zero attached hydrogens (tertiary/aromatic N) is 1. The van der Waals surface area contributed by atoms with Crippen molar-refractivity contribution in [1.29, 1.82) is 0 Å². The third-order valence-corrected chi connectivity index (χ3v) is 6.27. The molecule has 1 heterocycles. The number of para-hydroxylation sites is 1. The summed E-state index contributed by atoms with van der Waals surface area (Å²) in [6, 6.07) is 13.7. The first-order valence-electron chi connectivity index (χ1n) is 8.96. The molecule has 27 heavy (non-hydrogen) atoms. The van der Waals surface area contributed by atoms with E-state index in [1.807, 2.05) is 38.1 Å². The van der Waals surface area contributed by atoms with Crippen LogP contribution in [0.5, 0.6) is 0 Å². The number of sulfonamides is 1. The van der Waals surface area contributed by atoms with Crippen molar-refractivity contribution >= 4 is 21.6 Å². The van der Waals surface area contributed by atoms with Crippen molar-refractivity contribution < 1.29 is 13.2 Å². The van der Waals surface area contributed by atoms with E-state index in [-0.39, 0.29) is 10.8 Å². The summed E-state index contributed by atoms with van der Waals surface area (Å²) in [4.78, 5) is 12.5. The van der Waals surface area contributed by atoms with Gasteiger partial charge >= 0.3 is 0 Å². The Morgan fingerprint density at radius 3 is 2.67 bits per heavy atom. The van der Waals surface area contributed by atoms with Gasteiger partial charge in [0.25, 0.3) is 15.9 Å². The van der Waals surface area contributed by atoms with Gasteiger partial charge in [-0.2, -0.15) is 0 Å². The Morgan fingerprint density at radius 1 is 1.19 bits per heavy atom. The largest absolute Gasteiger partial charge is 0.350 e. The molecule has 0 aliphatic carbocycles. The van der Waals surface area contributed by atoms with Crippen molar-refractivity contribution in [3.8, 4) is 0 Å². The molecule has 0 bridgehead atoms. The minimum Gasteiger partial charge on any atom is -0.350 e. The first-order chi connectivity index (χ1) is 12.7. The van der Waals surface area contributed by atoms with E-state index in [1.165, 1.54) is 16.4 Å². The van der Waals surface area contributed by atoms with Gasteiger partial charge in [-0.05, 0) is 56.5 Å². The molecule has 1 amide bonds. The molecule has 0 aromatic heterocycles. The Morgan fingerprint density at radius 2 is 1.93 bits per heavy atom. The van der Waals surface area contributed by atoms with Crippen LogP contribution in [-0.2, 0) is 16.4 Å². The van der Waals surface area contributed by atoms with Gasteiger partial charge in [0.1, 0.15) is 0 Å². The fourth-order valence-corrected chi connectivity index (χ4v) is 4.67. The minimum absolute atomic E-state index is 0.110. The Hall–Kier alpha value is -2.38. The van der Waals surface area contributed by atoms with E-state index in [2.05, 4.69) is 5.32 Å². The minimum atomic E-state index is -3.75. The Labute approximate surface area is 160 Å². The van der Waals surface area contributed by atoms with Gasteiger partial charge in [-0.25, -0.2) is 8.42 Å². The second kappa shape index (κ2) is 7.32. The van der Waals surface area contributed by atoms with Crippen LogP contribution < -0.4 is 15.4 Å². The Bertz CT molecular complexity index is 949. The number of hydrogen-bond acceptors (Lipinski definition) is 4. The normalized spacial score (nSPS) is 14.6. The average Bonchev–Trinajstić information content (AvgIpc) is 2.65. The fraction of sp³-hybridized carbons (Fsp3) is 0.350. The molecule has 0 saturated carbocycles. The van der Waals surface area contributed by atoms with E-state index in [9.17, 15) is 13.2 Å². The average molecular weight is 388 g/mol. The highest BCUT2D eigenvalue weighted by atomic mass is 32.2. The Balaban J connectivity index is 1.90. The van der Waals surface area contributed by atoms with Crippen LogP contribution in [0.4, 0.5) is 5.69 Å². The molecule has 0 atom stereocenters. The van der Waals surface area contributed by atoms with Crippen LogP contribution in [0.1, 0.15) is 36.2 Å². The molecule has 0 radical (unpaired) electrons. The lowest BCUT2D eigenvalue weighted by Crippen LogP contribution is -2.45. The molecule has 1 aliphatic rings. The molecular weight excluding hydrogens is 362 g/mol. The first kappa shape index (κ1) is 19.4. The van der Waals surface area contributed by atoms with E-state index in [0.717, 1.165) is 18.4 Å². The SMILES string of the molecule is CC(C)(N)CNC(=O)c1cccc(S(=O)(=O)N2CCCc3ccccc32)c1. The number of benzene rings is 2. The van der Waals surface area contributed by atoms with Crippen LogP contribution in [-0.4, -0.2) is 33.0 Å². The third-order valence-electron chi connectivity index (χ3n) is 4.46. The quantitative estimate of drug-likeness (QED) is 0.823. The molecule has 3 N–H and O–H groups in total. The predicted molar refractivity (Wildman–Crippen MR) is 106 cm³/mol. The maximum Gasteiger partial charge on any atom is 0.264 e. The van der Waals surface area contributed by atoms with E-state index in [0.29, 0.717) is 24.3 Å². The molecule has 3 rings (SSSR count). The molecule has 0 saturated heterocycles. The molecule has 6 nitrogen and oxygen atoms in total. The second-order valence-electron chi connectivity index (χ2n) is 7.51. The van der Waals surface area contributed by atoms with Gasteiger partial charge in [-0.3, -0.25) is 9.10 Å². The molecule has 0 unspecified atom stereocenters. The highest BCUT2D eigenvalue weighted by molar-refractivity contribution is 7.92. The topological polar surface area (TPSA) is 92.5 Å². The van der Waals surface area contributed by atoms with Gasteiger partial charge in [0.15, 0.2) is 0 Å². The number of amides is 1. The van der Waals surface area contributed by atoms with Crippen LogP contribution >= 0.6 is 0 Å². The maximum absolute atomic E-state index is 13.2. The summed E-state index contributed by atoms with van der Waals surface area (Å²) in [5.74, 6) is -0.343. The standard InChI is InChI=1S/C20H25N3O3S/c1-20(2,21)14-22-19(24)16-8-5-10-17(13-16)27(25,26)23-12-6-9-15-7-3-4-11-18(15)23/h3-5,7-8,10-11,13H,6,9,12,14,21H2,1-2H3,(H,22,24). The number of anilines is 1. The molecule has 1 aliphatic heterocycles. The summed E-state index contributed by atoms with van der Waals surface area (Å²) in [6.45, 7) is 4.34. The zero-order chi connectivity index (χ0) is 19.7. The predicted octanol–water partition coefficient (Wildman–Crippen LogP) is 2.30. The third kappa shape index (κ3) is 4.31.